The molecule has 21 heavy (non-hydrogen) atoms. The van der Waals surface area contributed by atoms with Crippen LogP contribution in [0.2, 0.25) is 0 Å². The summed E-state index contributed by atoms with van der Waals surface area (Å²) >= 11 is 3.66. The van der Waals surface area contributed by atoms with Crippen molar-refractivity contribution in [3.8, 4) is 5.75 Å². The van der Waals surface area contributed by atoms with Gasteiger partial charge in [-0.3, -0.25) is 0 Å². The Morgan fingerprint density at radius 2 is 1.76 bits per heavy atom. The van der Waals surface area contributed by atoms with Crippen LogP contribution in [0.3, 0.4) is 0 Å². The number of aryl methyl sites for hydroxylation is 2. The van der Waals surface area contributed by atoms with Gasteiger partial charge >= 0.3 is 0 Å². The molecule has 2 rings (SSSR count). The average molecular weight is 348 g/mol. The van der Waals surface area contributed by atoms with Crippen molar-refractivity contribution >= 4 is 15.9 Å². The number of halogens is 1. The lowest BCUT2D eigenvalue weighted by atomic mass is 9.95. The van der Waals surface area contributed by atoms with E-state index in [0.29, 0.717) is 0 Å². The van der Waals surface area contributed by atoms with Crippen LogP contribution in [0.5, 0.6) is 5.75 Å². The van der Waals surface area contributed by atoms with Crippen molar-refractivity contribution in [2.75, 3.05) is 13.7 Å². The molecule has 0 spiro atoms. The van der Waals surface area contributed by atoms with Crippen LogP contribution in [0, 0.1) is 13.8 Å². The summed E-state index contributed by atoms with van der Waals surface area (Å²) in [5.41, 5.74) is 4.85. The first kappa shape index (κ1) is 16.1. The lowest BCUT2D eigenvalue weighted by Crippen LogP contribution is -2.22. The van der Waals surface area contributed by atoms with Crippen molar-refractivity contribution in [1.29, 1.82) is 0 Å². The quantitative estimate of drug-likeness (QED) is 0.840. The second-order valence-electron chi connectivity index (χ2n) is 5.20. The van der Waals surface area contributed by atoms with Crippen LogP contribution < -0.4 is 10.1 Å². The predicted molar refractivity (Wildman–Crippen MR) is 92.1 cm³/mol. The number of benzene rings is 2. The van der Waals surface area contributed by atoms with Gasteiger partial charge in [0.25, 0.3) is 0 Å². The summed E-state index contributed by atoms with van der Waals surface area (Å²) in [4.78, 5) is 0. The van der Waals surface area contributed by atoms with Crippen molar-refractivity contribution in [3.05, 3.63) is 63.1 Å². The van der Waals surface area contributed by atoms with E-state index in [0.717, 1.165) is 16.8 Å². The first-order chi connectivity index (χ1) is 10.1. The molecule has 0 heterocycles. The second kappa shape index (κ2) is 7.10. The van der Waals surface area contributed by atoms with Gasteiger partial charge in [-0.1, -0.05) is 53.2 Å². The molecule has 0 aliphatic heterocycles. The van der Waals surface area contributed by atoms with E-state index < -0.39 is 0 Å². The van der Waals surface area contributed by atoms with Gasteiger partial charge < -0.3 is 10.1 Å². The molecule has 0 fully saturated rings. The van der Waals surface area contributed by atoms with Gasteiger partial charge in [0, 0.05) is 4.47 Å². The Hall–Kier alpha value is -1.32. The van der Waals surface area contributed by atoms with Crippen LogP contribution in [0.15, 0.2) is 40.9 Å². The molecule has 0 bridgehead atoms. The highest BCUT2D eigenvalue weighted by Gasteiger charge is 2.17. The Morgan fingerprint density at radius 3 is 2.29 bits per heavy atom. The molecule has 1 atom stereocenters. The topological polar surface area (TPSA) is 21.3 Å². The molecule has 0 saturated heterocycles. The van der Waals surface area contributed by atoms with Crippen LogP contribution in [0.25, 0.3) is 0 Å². The molecule has 0 saturated carbocycles. The maximum absolute atomic E-state index is 5.47. The molecule has 2 aromatic rings. The molecule has 1 N–H and O–H groups in total. The summed E-state index contributed by atoms with van der Waals surface area (Å²) in [6.07, 6.45) is 0. The number of methoxy groups -OCH3 is 1. The average Bonchev–Trinajstić information content (AvgIpc) is 2.45. The predicted octanol–water partition coefficient (Wildman–Crippen LogP) is 4.77. The molecule has 2 nitrogen and oxygen atoms in total. The maximum Gasteiger partial charge on any atom is 0.124 e. The van der Waals surface area contributed by atoms with Gasteiger partial charge in [0.05, 0.1) is 13.2 Å². The van der Waals surface area contributed by atoms with E-state index in [9.17, 15) is 0 Å². The highest BCUT2D eigenvalue weighted by molar-refractivity contribution is 9.10. The maximum atomic E-state index is 5.47. The summed E-state index contributed by atoms with van der Waals surface area (Å²) in [5, 5.41) is 3.58. The smallest absolute Gasteiger partial charge is 0.124 e. The Morgan fingerprint density at radius 1 is 1.14 bits per heavy atom. The van der Waals surface area contributed by atoms with Crippen molar-refractivity contribution in [2.45, 2.75) is 26.8 Å². The SMILES string of the molecule is CCNC(c1cc(C)c(OC)c(C)c1)c1ccccc1Br. The number of ether oxygens (including phenoxy) is 1. The minimum absolute atomic E-state index is 0.175. The van der Waals surface area contributed by atoms with E-state index in [-0.39, 0.29) is 6.04 Å². The molecular weight excluding hydrogens is 326 g/mol. The number of hydrogen-bond donors (Lipinski definition) is 1. The molecule has 0 radical (unpaired) electrons. The second-order valence-corrected chi connectivity index (χ2v) is 6.05. The third kappa shape index (κ3) is 3.47. The Bertz CT molecular complexity index is 601. The van der Waals surface area contributed by atoms with Crippen LogP contribution in [-0.4, -0.2) is 13.7 Å². The van der Waals surface area contributed by atoms with Crippen molar-refractivity contribution in [2.24, 2.45) is 0 Å². The van der Waals surface area contributed by atoms with Gasteiger partial charge in [0.1, 0.15) is 5.75 Å². The molecular formula is C18H22BrNO. The van der Waals surface area contributed by atoms with Crippen LogP contribution in [0.4, 0.5) is 0 Å². The third-order valence-electron chi connectivity index (χ3n) is 3.64. The normalized spacial score (nSPS) is 12.2. The zero-order chi connectivity index (χ0) is 15.4. The molecule has 112 valence electrons. The van der Waals surface area contributed by atoms with Gasteiger partial charge in [-0.05, 0) is 48.7 Å². The summed E-state index contributed by atoms with van der Waals surface area (Å²) in [6.45, 7) is 7.24. The first-order valence-corrected chi connectivity index (χ1v) is 8.00. The van der Waals surface area contributed by atoms with Crippen LogP contribution in [-0.2, 0) is 0 Å². The fourth-order valence-electron chi connectivity index (χ4n) is 2.79. The molecule has 0 aliphatic rings. The van der Waals surface area contributed by atoms with Crippen LogP contribution in [0.1, 0.15) is 35.2 Å². The monoisotopic (exact) mass is 347 g/mol. The molecule has 1 unspecified atom stereocenters. The molecule has 2 aromatic carbocycles. The Labute approximate surface area is 135 Å². The van der Waals surface area contributed by atoms with E-state index in [1.807, 2.05) is 6.07 Å². The molecule has 3 heteroatoms. The van der Waals surface area contributed by atoms with Gasteiger partial charge in [-0.25, -0.2) is 0 Å². The number of rotatable bonds is 5. The highest BCUT2D eigenvalue weighted by Crippen LogP contribution is 2.32. The van der Waals surface area contributed by atoms with Gasteiger partial charge in [0.2, 0.25) is 0 Å². The zero-order valence-corrected chi connectivity index (χ0v) is 14.6. The minimum Gasteiger partial charge on any atom is -0.496 e. The summed E-state index contributed by atoms with van der Waals surface area (Å²) in [6, 6.07) is 13.0. The van der Waals surface area contributed by atoms with Gasteiger partial charge in [0.15, 0.2) is 0 Å². The summed E-state index contributed by atoms with van der Waals surface area (Å²) < 4.78 is 6.60. The molecule has 0 aliphatic carbocycles. The number of hydrogen-bond acceptors (Lipinski definition) is 2. The zero-order valence-electron chi connectivity index (χ0n) is 13.0. The largest absolute Gasteiger partial charge is 0.496 e. The van der Waals surface area contributed by atoms with E-state index >= 15 is 0 Å². The summed E-state index contributed by atoms with van der Waals surface area (Å²) in [7, 11) is 1.73. The Kier molecular flexibility index (Phi) is 5.43. The fourth-order valence-corrected chi connectivity index (χ4v) is 3.31. The summed E-state index contributed by atoms with van der Waals surface area (Å²) in [5.74, 6) is 0.973. The highest BCUT2D eigenvalue weighted by atomic mass is 79.9. The Balaban J connectivity index is 2.51. The molecule has 0 amide bonds. The fraction of sp³-hybridized carbons (Fsp3) is 0.333. The van der Waals surface area contributed by atoms with Crippen LogP contribution >= 0.6 is 15.9 Å². The lowest BCUT2D eigenvalue weighted by molar-refractivity contribution is 0.408. The minimum atomic E-state index is 0.175. The van der Waals surface area contributed by atoms with Crippen molar-refractivity contribution in [1.82, 2.24) is 5.32 Å². The van der Waals surface area contributed by atoms with Crippen molar-refractivity contribution in [3.63, 3.8) is 0 Å². The van der Waals surface area contributed by atoms with E-state index in [1.165, 1.54) is 22.3 Å². The van der Waals surface area contributed by atoms with Gasteiger partial charge in [-0.15, -0.1) is 0 Å². The standard InChI is InChI=1S/C18H22BrNO/c1-5-20-17(15-8-6-7-9-16(15)19)14-10-12(2)18(21-4)13(3)11-14/h6-11,17,20H,5H2,1-4H3. The molecule has 0 aromatic heterocycles. The number of nitrogens with one attached hydrogen (secondary N) is 1. The van der Waals surface area contributed by atoms with Gasteiger partial charge in [-0.2, -0.15) is 0 Å². The third-order valence-corrected chi connectivity index (χ3v) is 4.37. The van der Waals surface area contributed by atoms with E-state index in [1.54, 1.807) is 7.11 Å². The first-order valence-electron chi connectivity index (χ1n) is 7.21. The van der Waals surface area contributed by atoms with Crippen molar-refractivity contribution < 1.29 is 4.74 Å². The van der Waals surface area contributed by atoms with E-state index in [2.05, 4.69) is 72.3 Å². The van der Waals surface area contributed by atoms with E-state index in [4.69, 9.17) is 4.74 Å². The lowest BCUT2D eigenvalue weighted by Gasteiger charge is -2.22.